The van der Waals surface area contributed by atoms with E-state index in [0.717, 1.165) is 17.0 Å². The molecule has 15 heteroatoms. The third-order valence-electron chi connectivity index (χ3n) is 6.03. The highest BCUT2D eigenvalue weighted by Crippen LogP contribution is 2.34. The standard InChI is InChI=1S/C27H22Cl2N4O8S/c28-19-11-17(12-20(29)25(19)38)42(40,41)32-26-27(39)33(13-22(35)30-16(14-34)10-23(36)37)21-9-5-4-8-18(21)24(31-26)15-6-2-1-3-7-15/h1-9,11-12,14,16,26,32,38H,10,13H2,(H,30,35)(H,36,37)/t16-,26?/m0/s1. The average Bonchev–Trinajstić information content (AvgIpc) is 3.06. The maximum atomic E-state index is 13.9. The van der Waals surface area contributed by atoms with Crippen molar-refractivity contribution in [3.8, 4) is 5.75 Å². The molecule has 218 valence electrons. The number of phenolic OH excluding ortho intramolecular Hbond substituents is 1. The first-order valence-corrected chi connectivity index (χ1v) is 14.4. The van der Waals surface area contributed by atoms with Crippen LogP contribution in [0.25, 0.3) is 0 Å². The second-order valence-electron chi connectivity index (χ2n) is 8.95. The van der Waals surface area contributed by atoms with Gasteiger partial charge in [-0.2, -0.15) is 4.72 Å². The molecule has 1 aliphatic rings. The number of hydrogen-bond donors (Lipinski definition) is 4. The minimum absolute atomic E-state index is 0.207. The second kappa shape index (κ2) is 12.7. The number of rotatable bonds is 10. The topological polar surface area (TPSA) is 183 Å². The number of sulfonamides is 1. The van der Waals surface area contributed by atoms with Crippen molar-refractivity contribution >= 4 is 68.7 Å². The number of carboxylic acid groups (broad SMARTS) is 1. The molecule has 4 rings (SSSR count). The number of anilines is 1. The number of phenols is 1. The number of benzene rings is 3. The number of carbonyl (C=O) groups excluding carboxylic acids is 3. The summed E-state index contributed by atoms with van der Waals surface area (Å²) in [5, 5.41) is 20.4. The van der Waals surface area contributed by atoms with Crippen molar-refractivity contribution in [1.82, 2.24) is 10.0 Å². The Morgan fingerprint density at radius 1 is 1.05 bits per heavy atom. The predicted molar refractivity (Wildman–Crippen MR) is 153 cm³/mol. The minimum Gasteiger partial charge on any atom is -0.505 e. The van der Waals surface area contributed by atoms with Gasteiger partial charge in [-0.15, -0.1) is 0 Å². The van der Waals surface area contributed by atoms with Crippen LogP contribution in [-0.4, -0.2) is 67.2 Å². The highest BCUT2D eigenvalue weighted by atomic mass is 35.5. The van der Waals surface area contributed by atoms with E-state index in [0.29, 0.717) is 11.1 Å². The monoisotopic (exact) mass is 632 g/mol. The van der Waals surface area contributed by atoms with E-state index in [-0.39, 0.29) is 27.7 Å². The maximum absolute atomic E-state index is 13.9. The molecule has 1 aliphatic heterocycles. The quantitative estimate of drug-likeness (QED) is 0.245. The Morgan fingerprint density at radius 2 is 1.67 bits per heavy atom. The molecule has 42 heavy (non-hydrogen) atoms. The molecule has 4 N–H and O–H groups in total. The van der Waals surface area contributed by atoms with E-state index in [4.69, 9.17) is 28.3 Å². The molecule has 1 unspecified atom stereocenters. The molecule has 2 amide bonds. The van der Waals surface area contributed by atoms with Crippen molar-refractivity contribution in [1.29, 1.82) is 0 Å². The average molecular weight is 633 g/mol. The summed E-state index contributed by atoms with van der Waals surface area (Å²) < 4.78 is 29.0. The Labute approximate surface area is 249 Å². The Kier molecular flexibility index (Phi) is 9.27. The number of aromatic hydroxyl groups is 1. The van der Waals surface area contributed by atoms with E-state index in [1.165, 1.54) is 6.07 Å². The molecular weight excluding hydrogens is 611 g/mol. The summed E-state index contributed by atoms with van der Waals surface area (Å²) in [6.07, 6.45) is -2.23. The largest absolute Gasteiger partial charge is 0.505 e. The SMILES string of the molecule is O=C[C@H](CC(=O)O)NC(=O)CN1C(=O)C(NS(=O)(=O)c2cc(Cl)c(O)c(Cl)c2)N=C(c2ccccc2)c2ccccc21. The first kappa shape index (κ1) is 30.7. The zero-order valence-corrected chi connectivity index (χ0v) is 23.7. The molecule has 0 aromatic heterocycles. The number of fused-ring (bicyclic) bond motifs is 1. The third-order valence-corrected chi connectivity index (χ3v) is 8.00. The Hall–Kier alpha value is -4.30. The molecule has 0 aliphatic carbocycles. The molecule has 0 radical (unpaired) electrons. The van der Waals surface area contributed by atoms with Crippen LogP contribution in [0.15, 0.2) is 76.6 Å². The van der Waals surface area contributed by atoms with Gasteiger partial charge in [-0.3, -0.25) is 24.3 Å². The van der Waals surface area contributed by atoms with Crippen molar-refractivity contribution < 1.29 is 37.8 Å². The number of halogens is 2. The summed E-state index contributed by atoms with van der Waals surface area (Å²) in [6.45, 7) is -0.702. The summed E-state index contributed by atoms with van der Waals surface area (Å²) >= 11 is 11.8. The number of benzodiazepines with no additional fused rings is 1. The van der Waals surface area contributed by atoms with Crippen LogP contribution in [0.4, 0.5) is 5.69 Å². The molecular formula is C27H22Cl2N4O8S. The number of aldehydes is 1. The van der Waals surface area contributed by atoms with Crippen molar-refractivity contribution in [3.63, 3.8) is 0 Å². The number of para-hydroxylation sites is 1. The fourth-order valence-electron chi connectivity index (χ4n) is 4.13. The van der Waals surface area contributed by atoms with Crippen molar-refractivity contribution in [3.05, 3.63) is 87.9 Å². The van der Waals surface area contributed by atoms with Gasteiger partial charge in [0.1, 0.15) is 12.8 Å². The maximum Gasteiger partial charge on any atom is 0.305 e. The van der Waals surface area contributed by atoms with Crippen LogP contribution < -0.4 is 14.9 Å². The number of amides is 2. The summed E-state index contributed by atoms with van der Waals surface area (Å²) in [7, 11) is -4.55. The number of nitrogens with zero attached hydrogens (tertiary/aromatic N) is 2. The van der Waals surface area contributed by atoms with Gasteiger partial charge in [-0.25, -0.2) is 8.42 Å². The van der Waals surface area contributed by atoms with E-state index < -0.39 is 63.6 Å². The van der Waals surface area contributed by atoms with Crippen molar-refractivity contribution in [2.24, 2.45) is 4.99 Å². The van der Waals surface area contributed by atoms with Crippen LogP contribution in [0.3, 0.4) is 0 Å². The van der Waals surface area contributed by atoms with Gasteiger partial charge in [-0.1, -0.05) is 71.7 Å². The smallest absolute Gasteiger partial charge is 0.305 e. The molecule has 1 heterocycles. The summed E-state index contributed by atoms with van der Waals surface area (Å²) in [4.78, 5) is 54.2. The van der Waals surface area contributed by atoms with Gasteiger partial charge >= 0.3 is 5.97 Å². The highest BCUT2D eigenvalue weighted by Gasteiger charge is 2.36. The number of nitrogens with one attached hydrogen (secondary N) is 2. The third kappa shape index (κ3) is 6.77. The van der Waals surface area contributed by atoms with Crippen LogP contribution in [0, 0.1) is 0 Å². The number of aliphatic imine (C=N–C) groups is 1. The van der Waals surface area contributed by atoms with Gasteiger partial charge in [0, 0.05) is 11.1 Å². The number of carboxylic acids is 1. The van der Waals surface area contributed by atoms with Gasteiger partial charge < -0.3 is 20.3 Å². The van der Waals surface area contributed by atoms with E-state index in [9.17, 15) is 32.7 Å². The van der Waals surface area contributed by atoms with Crippen molar-refractivity contribution in [2.45, 2.75) is 23.5 Å². The van der Waals surface area contributed by atoms with Crippen LogP contribution in [-0.2, 0) is 29.2 Å². The van der Waals surface area contributed by atoms with Gasteiger partial charge in [0.15, 0.2) is 11.9 Å². The second-order valence-corrected chi connectivity index (χ2v) is 11.5. The molecule has 0 saturated heterocycles. The Morgan fingerprint density at radius 3 is 2.29 bits per heavy atom. The number of aliphatic carboxylic acids is 1. The molecule has 3 aromatic rings. The van der Waals surface area contributed by atoms with Crippen LogP contribution in [0.2, 0.25) is 10.0 Å². The molecule has 0 bridgehead atoms. The van der Waals surface area contributed by atoms with Crippen LogP contribution in [0.5, 0.6) is 5.75 Å². The molecule has 0 saturated carbocycles. The molecule has 0 spiro atoms. The van der Waals surface area contributed by atoms with E-state index in [1.807, 2.05) is 0 Å². The number of carbonyl (C=O) groups is 4. The summed E-state index contributed by atoms with van der Waals surface area (Å²) in [5.74, 6) is -3.69. The summed E-state index contributed by atoms with van der Waals surface area (Å²) in [6, 6.07) is 15.6. The van der Waals surface area contributed by atoms with E-state index >= 15 is 0 Å². The fraction of sp³-hybridized carbons (Fsp3) is 0.148. The van der Waals surface area contributed by atoms with Crippen LogP contribution in [0.1, 0.15) is 17.5 Å². The van der Waals surface area contributed by atoms with E-state index in [1.54, 1.807) is 48.5 Å². The summed E-state index contributed by atoms with van der Waals surface area (Å²) in [5.41, 5.74) is 1.36. The lowest BCUT2D eigenvalue weighted by Gasteiger charge is -2.25. The number of hydrogen-bond acceptors (Lipinski definition) is 8. The molecule has 2 atom stereocenters. The van der Waals surface area contributed by atoms with Crippen molar-refractivity contribution in [2.75, 3.05) is 11.4 Å². The normalized spacial score (nSPS) is 15.7. The zero-order valence-electron chi connectivity index (χ0n) is 21.4. The molecule has 12 nitrogen and oxygen atoms in total. The molecule has 0 fully saturated rings. The van der Waals surface area contributed by atoms with E-state index in [2.05, 4.69) is 15.0 Å². The Balaban J connectivity index is 1.80. The Bertz CT molecular complexity index is 1680. The minimum atomic E-state index is -4.55. The predicted octanol–water partition coefficient (Wildman–Crippen LogP) is 2.35. The van der Waals surface area contributed by atoms with Gasteiger partial charge in [0.25, 0.3) is 5.91 Å². The molecule has 3 aromatic carbocycles. The lowest BCUT2D eigenvalue weighted by Crippen LogP contribution is -2.51. The first-order chi connectivity index (χ1) is 19.9. The van der Waals surface area contributed by atoms with Gasteiger partial charge in [0.05, 0.1) is 38.8 Å². The lowest BCUT2D eigenvalue weighted by molar-refractivity contribution is -0.138. The lowest BCUT2D eigenvalue weighted by atomic mass is 10.0. The van der Waals surface area contributed by atoms with Gasteiger partial charge in [0.2, 0.25) is 15.9 Å². The highest BCUT2D eigenvalue weighted by molar-refractivity contribution is 7.89. The first-order valence-electron chi connectivity index (χ1n) is 12.1. The van der Waals surface area contributed by atoms with Gasteiger partial charge in [-0.05, 0) is 18.2 Å². The zero-order chi connectivity index (χ0) is 30.6. The fourth-order valence-corrected chi connectivity index (χ4v) is 5.87. The van der Waals surface area contributed by atoms with Crippen LogP contribution >= 0.6 is 23.2 Å².